The molecule has 0 atom stereocenters. The zero-order valence-corrected chi connectivity index (χ0v) is 11.9. The second kappa shape index (κ2) is 6.68. The van der Waals surface area contributed by atoms with Gasteiger partial charge in [-0.3, -0.25) is 9.67 Å². The highest BCUT2D eigenvalue weighted by Crippen LogP contribution is 2.18. The van der Waals surface area contributed by atoms with E-state index < -0.39 is 0 Å². The number of aromatic nitrogens is 3. The van der Waals surface area contributed by atoms with Gasteiger partial charge in [0.05, 0.1) is 18.3 Å². The van der Waals surface area contributed by atoms with Crippen LogP contribution in [0.2, 0.25) is 0 Å². The van der Waals surface area contributed by atoms with Gasteiger partial charge < -0.3 is 0 Å². The minimum atomic E-state index is -0.239. The maximum atomic E-state index is 12.9. The molecule has 3 aromatic rings. The van der Waals surface area contributed by atoms with E-state index in [2.05, 4.69) is 21.9 Å². The number of pyridine rings is 1. The van der Waals surface area contributed by atoms with E-state index in [9.17, 15) is 4.39 Å². The number of benzene rings is 1. The van der Waals surface area contributed by atoms with Gasteiger partial charge in [0.15, 0.2) is 0 Å². The molecular weight excluding hydrogens is 277 g/mol. The Morgan fingerprint density at radius 3 is 2.64 bits per heavy atom. The Kier molecular flexibility index (Phi) is 4.26. The number of nitrogens with zero attached hydrogens (tertiary/aromatic N) is 3. The summed E-state index contributed by atoms with van der Waals surface area (Å²) in [5.41, 5.74) is 2.85. The van der Waals surface area contributed by atoms with Gasteiger partial charge in [-0.05, 0) is 29.8 Å². The lowest BCUT2D eigenvalue weighted by molar-refractivity contribution is 0.628. The summed E-state index contributed by atoms with van der Waals surface area (Å²) in [6, 6.07) is 12.2. The molecule has 0 radical (unpaired) electrons. The van der Waals surface area contributed by atoms with Gasteiger partial charge in [0.1, 0.15) is 12.4 Å². The maximum absolute atomic E-state index is 12.9. The summed E-state index contributed by atoms with van der Waals surface area (Å²) in [5, 5.41) is 4.26. The summed E-state index contributed by atoms with van der Waals surface area (Å²) in [6.45, 7) is 0.522. The van der Waals surface area contributed by atoms with Gasteiger partial charge >= 0.3 is 0 Å². The Morgan fingerprint density at radius 1 is 1.00 bits per heavy atom. The second-order valence-corrected chi connectivity index (χ2v) is 4.78. The molecule has 108 valence electrons. The third kappa shape index (κ3) is 3.58. The van der Waals surface area contributed by atoms with E-state index in [0.717, 1.165) is 16.8 Å². The van der Waals surface area contributed by atoms with Gasteiger partial charge in [-0.1, -0.05) is 30.0 Å². The predicted octanol–water partition coefficient (Wildman–Crippen LogP) is 3.33. The van der Waals surface area contributed by atoms with Crippen molar-refractivity contribution in [3.05, 3.63) is 72.6 Å². The molecular formula is C18H14FN3. The average molecular weight is 291 g/mol. The molecule has 0 bridgehead atoms. The van der Waals surface area contributed by atoms with Gasteiger partial charge in [0, 0.05) is 18.0 Å². The summed E-state index contributed by atoms with van der Waals surface area (Å²) in [4.78, 5) is 4.22. The summed E-state index contributed by atoms with van der Waals surface area (Å²) in [5.74, 6) is 5.92. The standard InChI is InChI=1S/C18H14FN3/c19-17-9-7-15(8-10-17)16-13-21-22(14-16)12-4-2-6-18-5-1-3-11-20-18/h1,3,5,7-11,13-14H,6,12H2. The normalized spacial score (nSPS) is 10.0. The van der Waals surface area contributed by atoms with Crippen LogP contribution in [0.25, 0.3) is 11.1 Å². The van der Waals surface area contributed by atoms with Crippen LogP contribution in [0.4, 0.5) is 4.39 Å². The lowest BCUT2D eigenvalue weighted by atomic mass is 10.1. The fourth-order valence-corrected chi connectivity index (χ4v) is 2.03. The first-order valence-corrected chi connectivity index (χ1v) is 6.95. The lowest BCUT2D eigenvalue weighted by Gasteiger charge is -1.96. The third-order valence-corrected chi connectivity index (χ3v) is 3.17. The highest BCUT2D eigenvalue weighted by molar-refractivity contribution is 5.61. The Hall–Kier alpha value is -2.93. The average Bonchev–Trinajstić information content (AvgIpc) is 3.02. The van der Waals surface area contributed by atoms with Crippen LogP contribution in [0.5, 0.6) is 0 Å². The first kappa shape index (κ1) is 14.0. The Labute approximate surface area is 128 Å². The monoisotopic (exact) mass is 291 g/mol. The van der Waals surface area contributed by atoms with E-state index in [-0.39, 0.29) is 5.82 Å². The van der Waals surface area contributed by atoms with E-state index in [1.54, 1.807) is 29.2 Å². The van der Waals surface area contributed by atoms with Crippen LogP contribution in [-0.4, -0.2) is 14.8 Å². The highest BCUT2D eigenvalue weighted by atomic mass is 19.1. The molecule has 1 aromatic carbocycles. The molecule has 0 saturated carbocycles. The van der Waals surface area contributed by atoms with E-state index in [1.807, 2.05) is 24.4 Å². The fraction of sp³-hybridized carbons (Fsp3) is 0.111. The fourth-order valence-electron chi connectivity index (χ4n) is 2.03. The zero-order chi connectivity index (χ0) is 15.2. The molecule has 0 aliphatic heterocycles. The molecule has 2 heterocycles. The largest absolute Gasteiger partial charge is 0.260 e. The van der Waals surface area contributed by atoms with Crippen LogP contribution in [0.1, 0.15) is 5.69 Å². The lowest BCUT2D eigenvalue weighted by Crippen LogP contribution is -1.95. The molecule has 0 fully saturated rings. The number of rotatable bonds is 3. The van der Waals surface area contributed by atoms with Crippen molar-refractivity contribution in [1.82, 2.24) is 14.8 Å². The van der Waals surface area contributed by atoms with Gasteiger partial charge in [-0.2, -0.15) is 5.10 Å². The van der Waals surface area contributed by atoms with Crippen molar-refractivity contribution >= 4 is 0 Å². The minimum absolute atomic E-state index is 0.239. The van der Waals surface area contributed by atoms with Crippen LogP contribution in [0, 0.1) is 17.7 Å². The van der Waals surface area contributed by atoms with Crippen molar-refractivity contribution in [3.8, 4) is 23.0 Å². The summed E-state index contributed by atoms with van der Waals surface area (Å²) < 4.78 is 14.7. The molecule has 0 unspecified atom stereocenters. The van der Waals surface area contributed by atoms with Crippen molar-refractivity contribution in [2.45, 2.75) is 13.0 Å². The molecule has 2 aromatic heterocycles. The van der Waals surface area contributed by atoms with Crippen molar-refractivity contribution < 1.29 is 4.39 Å². The van der Waals surface area contributed by atoms with Gasteiger partial charge in [0.25, 0.3) is 0 Å². The quantitative estimate of drug-likeness (QED) is 0.693. The van der Waals surface area contributed by atoms with E-state index in [0.29, 0.717) is 13.0 Å². The van der Waals surface area contributed by atoms with Crippen LogP contribution >= 0.6 is 0 Å². The topological polar surface area (TPSA) is 30.7 Å². The van der Waals surface area contributed by atoms with Crippen molar-refractivity contribution in [2.24, 2.45) is 0 Å². The van der Waals surface area contributed by atoms with Crippen molar-refractivity contribution in [3.63, 3.8) is 0 Å². The van der Waals surface area contributed by atoms with Crippen LogP contribution in [0.3, 0.4) is 0 Å². The van der Waals surface area contributed by atoms with Gasteiger partial charge in [-0.15, -0.1) is 0 Å². The molecule has 3 nitrogen and oxygen atoms in total. The van der Waals surface area contributed by atoms with Crippen molar-refractivity contribution in [1.29, 1.82) is 0 Å². The molecule has 0 amide bonds. The van der Waals surface area contributed by atoms with Gasteiger partial charge in [0.2, 0.25) is 0 Å². The molecule has 0 spiro atoms. The molecule has 0 aliphatic carbocycles. The first-order valence-electron chi connectivity index (χ1n) is 6.95. The predicted molar refractivity (Wildman–Crippen MR) is 83.3 cm³/mol. The molecule has 0 aliphatic rings. The maximum Gasteiger partial charge on any atom is 0.123 e. The minimum Gasteiger partial charge on any atom is -0.260 e. The first-order chi connectivity index (χ1) is 10.8. The summed E-state index contributed by atoms with van der Waals surface area (Å²) >= 11 is 0. The van der Waals surface area contributed by atoms with Gasteiger partial charge in [-0.25, -0.2) is 4.39 Å². The Balaban J connectivity index is 1.62. The molecule has 0 N–H and O–H groups in total. The Morgan fingerprint density at radius 2 is 1.86 bits per heavy atom. The van der Waals surface area contributed by atoms with E-state index in [1.165, 1.54) is 12.1 Å². The SMILES string of the molecule is Fc1ccc(-c2cnn(CC#CCc3ccccn3)c2)cc1. The molecule has 22 heavy (non-hydrogen) atoms. The van der Waals surface area contributed by atoms with E-state index >= 15 is 0 Å². The number of halogens is 1. The highest BCUT2D eigenvalue weighted by Gasteiger charge is 2.01. The summed E-state index contributed by atoms with van der Waals surface area (Å²) in [7, 11) is 0. The second-order valence-electron chi connectivity index (χ2n) is 4.78. The molecule has 3 rings (SSSR count). The number of hydrogen-bond donors (Lipinski definition) is 0. The van der Waals surface area contributed by atoms with Crippen LogP contribution in [-0.2, 0) is 13.0 Å². The Bertz CT molecular complexity index is 796. The molecule has 0 saturated heterocycles. The third-order valence-electron chi connectivity index (χ3n) is 3.17. The van der Waals surface area contributed by atoms with Crippen molar-refractivity contribution in [2.75, 3.05) is 0 Å². The summed E-state index contributed by atoms with van der Waals surface area (Å²) in [6.07, 6.45) is 6.06. The smallest absolute Gasteiger partial charge is 0.123 e. The van der Waals surface area contributed by atoms with Crippen LogP contribution < -0.4 is 0 Å². The number of hydrogen-bond acceptors (Lipinski definition) is 2. The molecule has 4 heteroatoms. The van der Waals surface area contributed by atoms with Crippen LogP contribution in [0.15, 0.2) is 61.1 Å². The van der Waals surface area contributed by atoms with E-state index in [4.69, 9.17) is 0 Å². The zero-order valence-electron chi connectivity index (χ0n) is 11.9.